The minimum atomic E-state index is 0.174. The second kappa shape index (κ2) is 5.21. The van der Waals surface area contributed by atoms with E-state index in [9.17, 15) is 0 Å². The van der Waals surface area contributed by atoms with Gasteiger partial charge >= 0.3 is 0 Å². The molecule has 0 saturated carbocycles. The van der Waals surface area contributed by atoms with Gasteiger partial charge in [-0.1, -0.05) is 23.5 Å². The third-order valence-electron chi connectivity index (χ3n) is 2.69. The summed E-state index contributed by atoms with van der Waals surface area (Å²) in [6, 6.07) is 9.37. The summed E-state index contributed by atoms with van der Waals surface area (Å²) in [5.74, 6) is 5.90. The zero-order valence-electron chi connectivity index (χ0n) is 10.3. The molecule has 0 unspecified atom stereocenters. The number of para-hydroxylation sites is 1. The smallest absolute Gasteiger partial charge is 0.246 e. The van der Waals surface area contributed by atoms with Crippen molar-refractivity contribution >= 4 is 27.4 Å². The molecule has 0 aliphatic heterocycles. The largest absolute Gasteiger partial charge is 0.483 e. The molecular formula is C13H10N4O2S. The summed E-state index contributed by atoms with van der Waals surface area (Å²) in [6.07, 6.45) is 1.67. The van der Waals surface area contributed by atoms with E-state index in [0.29, 0.717) is 23.1 Å². The Kier molecular flexibility index (Phi) is 3.25. The number of fused-ring (bicyclic) bond motifs is 1. The molecule has 0 bridgehead atoms. The van der Waals surface area contributed by atoms with Crippen LogP contribution in [-0.2, 0) is 6.61 Å². The molecule has 2 heterocycles. The van der Waals surface area contributed by atoms with Crippen LogP contribution in [0.2, 0.25) is 0 Å². The quantitative estimate of drug-likeness (QED) is 0.565. The van der Waals surface area contributed by atoms with Gasteiger partial charge in [-0.3, -0.25) is 5.43 Å². The van der Waals surface area contributed by atoms with E-state index >= 15 is 0 Å². The maximum absolute atomic E-state index is 9.10. The normalized spacial score (nSPS) is 10.4. The molecule has 20 heavy (non-hydrogen) atoms. The summed E-state index contributed by atoms with van der Waals surface area (Å²) in [4.78, 5) is 4.95. The van der Waals surface area contributed by atoms with Crippen LogP contribution < -0.4 is 16.0 Å². The third-order valence-corrected chi connectivity index (χ3v) is 3.59. The number of hydrazine groups is 1. The van der Waals surface area contributed by atoms with Crippen LogP contribution in [0, 0.1) is 11.3 Å². The summed E-state index contributed by atoms with van der Waals surface area (Å²) >= 11 is 1.39. The highest BCUT2D eigenvalue weighted by atomic mass is 32.1. The second-order valence-corrected chi connectivity index (χ2v) is 5.05. The van der Waals surface area contributed by atoms with Crippen LogP contribution in [0.5, 0.6) is 5.75 Å². The molecule has 0 fully saturated rings. The summed E-state index contributed by atoms with van der Waals surface area (Å²) < 4.78 is 11.1. The van der Waals surface area contributed by atoms with Gasteiger partial charge in [0.2, 0.25) is 5.76 Å². The van der Waals surface area contributed by atoms with Gasteiger partial charge in [-0.15, -0.1) is 0 Å². The number of ether oxygens (including phenoxy) is 1. The molecule has 100 valence electrons. The number of nitrogens with two attached hydrogens (primary N) is 1. The zero-order valence-corrected chi connectivity index (χ0v) is 11.1. The Morgan fingerprint density at radius 2 is 2.30 bits per heavy atom. The van der Waals surface area contributed by atoms with Gasteiger partial charge in [0, 0.05) is 6.20 Å². The number of anilines is 1. The van der Waals surface area contributed by atoms with Gasteiger partial charge in [0.05, 0.1) is 10.3 Å². The van der Waals surface area contributed by atoms with E-state index in [2.05, 4.69) is 10.4 Å². The SMILES string of the molecule is N#Cc1oc2ccccc2c1OCc1cnc(NN)s1. The fraction of sp³-hybridized carbons (Fsp3) is 0.0769. The Bertz CT molecular complexity index is 787. The first-order chi connectivity index (χ1) is 9.81. The van der Waals surface area contributed by atoms with Crippen LogP contribution >= 0.6 is 11.3 Å². The third kappa shape index (κ3) is 2.18. The number of nitrogens with one attached hydrogen (secondary N) is 1. The number of rotatable bonds is 4. The molecule has 0 spiro atoms. The van der Waals surface area contributed by atoms with Gasteiger partial charge in [-0.2, -0.15) is 5.26 Å². The van der Waals surface area contributed by atoms with Crippen LogP contribution in [-0.4, -0.2) is 4.98 Å². The average Bonchev–Trinajstić information content (AvgIpc) is 3.08. The molecule has 3 N–H and O–H groups in total. The summed E-state index contributed by atoms with van der Waals surface area (Å²) in [6.45, 7) is 0.303. The molecule has 1 aromatic carbocycles. The molecule has 2 aromatic heterocycles. The Morgan fingerprint density at radius 1 is 1.45 bits per heavy atom. The Labute approximate surface area is 118 Å². The van der Waals surface area contributed by atoms with Crippen molar-refractivity contribution in [3.8, 4) is 11.8 Å². The number of nitrogen functional groups attached to an aromatic ring is 1. The van der Waals surface area contributed by atoms with Crippen molar-refractivity contribution in [2.24, 2.45) is 5.84 Å². The molecule has 0 saturated heterocycles. The molecule has 3 rings (SSSR count). The Balaban J connectivity index is 1.88. The highest BCUT2D eigenvalue weighted by molar-refractivity contribution is 7.15. The number of thiazole rings is 1. The van der Waals surface area contributed by atoms with Crippen molar-refractivity contribution in [2.75, 3.05) is 5.43 Å². The number of aromatic nitrogens is 1. The molecule has 0 atom stereocenters. The lowest BCUT2D eigenvalue weighted by atomic mass is 10.2. The number of nitriles is 1. The van der Waals surface area contributed by atoms with Crippen LogP contribution in [0.1, 0.15) is 10.6 Å². The van der Waals surface area contributed by atoms with Crippen LogP contribution in [0.3, 0.4) is 0 Å². The van der Waals surface area contributed by atoms with E-state index in [1.54, 1.807) is 12.3 Å². The lowest BCUT2D eigenvalue weighted by Gasteiger charge is -2.01. The Hall–Kier alpha value is -2.56. The molecule has 0 amide bonds. The van der Waals surface area contributed by atoms with E-state index in [-0.39, 0.29) is 5.76 Å². The van der Waals surface area contributed by atoms with Gasteiger partial charge in [0.1, 0.15) is 18.3 Å². The van der Waals surface area contributed by atoms with Gasteiger partial charge in [-0.25, -0.2) is 10.8 Å². The van der Waals surface area contributed by atoms with E-state index in [1.807, 2.05) is 24.3 Å². The first-order valence-electron chi connectivity index (χ1n) is 5.77. The molecule has 0 aliphatic rings. The number of nitrogens with zero attached hydrogens (tertiary/aromatic N) is 2. The van der Waals surface area contributed by atoms with Crippen LogP contribution in [0.4, 0.5) is 5.13 Å². The summed E-state index contributed by atoms with van der Waals surface area (Å²) in [7, 11) is 0. The van der Waals surface area contributed by atoms with Crippen LogP contribution in [0.15, 0.2) is 34.9 Å². The average molecular weight is 286 g/mol. The lowest BCUT2D eigenvalue weighted by molar-refractivity contribution is 0.307. The standard InChI is InChI=1S/C13H10N4O2S/c14-5-11-12(9-3-1-2-4-10(9)19-11)18-7-8-6-16-13(17-15)20-8/h1-4,6H,7,15H2,(H,16,17). The fourth-order valence-electron chi connectivity index (χ4n) is 1.82. The van der Waals surface area contributed by atoms with E-state index in [0.717, 1.165) is 10.3 Å². The maximum Gasteiger partial charge on any atom is 0.246 e. The summed E-state index contributed by atoms with van der Waals surface area (Å²) in [5, 5.41) is 10.5. The monoisotopic (exact) mass is 286 g/mol. The highest BCUT2D eigenvalue weighted by Crippen LogP contribution is 2.33. The van der Waals surface area contributed by atoms with Crippen molar-refractivity contribution in [3.63, 3.8) is 0 Å². The van der Waals surface area contributed by atoms with Crippen LogP contribution in [0.25, 0.3) is 11.0 Å². The number of hydrogen-bond donors (Lipinski definition) is 2. The number of benzene rings is 1. The highest BCUT2D eigenvalue weighted by Gasteiger charge is 2.15. The van der Waals surface area contributed by atoms with Crippen molar-refractivity contribution in [3.05, 3.63) is 41.1 Å². The minimum absolute atomic E-state index is 0.174. The molecule has 6 nitrogen and oxygen atoms in total. The Morgan fingerprint density at radius 3 is 3.05 bits per heavy atom. The topological polar surface area (TPSA) is 97.1 Å². The van der Waals surface area contributed by atoms with E-state index in [1.165, 1.54) is 11.3 Å². The molecular weight excluding hydrogens is 276 g/mol. The first kappa shape index (κ1) is 12.5. The lowest BCUT2D eigenvalue weighted by Crippen LogP contribution is -2.05. The van der Waals surface area contributed by atoms with Crippen molar-refractivity contribution in [1.29, 1.82) is 5.26 Å². The molecule has 3 aromatic rings. The van der Waals surface area contributed by atoms with Gasteiger partial charge < -0.3 is 9.15 Å². The van der Waals surface area contributed by atoms with Gasteiger partial charge in [0.15, 0.2) is 10.9 Å². The predicted molar refractivity (Wildman–Crippen MR) is 75.2 cm³/mol. The number of furan rings is 1. The summed E-state index contributed by atoms with van der Waals surface area (Å²) in [5.41, 5.74) is 3.11. The maximum atomic E-state index is 9.10. The van der Waals surface area contributed by atoms with Crippen molar-refractivity contribution < 1.29 is 9.15 Å². The first-order valence-corrected chi connectivity index (χ1v) is 6.59. The predicted octanol–water partition coefficient (Wildman–Crippen LogP) is 2.63. The minimum Gasteiger partial charge on any atom is -0.483 e. The van der Waals surface area contributed by atoms with Crippen molar-refractivity contribution in [2.45, 2.75) is 6.61 Å². The number of hydrogen-bond acceptors (Lipinski definition) is 7. The van der Waals surface area contributed by atoms with E-state index in [4.69, 9.17) is 20.3 Å². The molecule has 0 aliphatic carbocycles. The second-order valence-electron chi connectivity index (χ2n) is 3.93. The van der Waals surface area contributed by atoms with E-state index < -0.39 is 0 Å². The fourth-order valence-corrected chi connectivity index (χ4v) is 2.46. The van der Waals surface area contributed by atoms with Gasteiger partial charge in [-0.05, 0) is 12.1 Å². The zero-order chi connectivity index (χ0) is 13.9. The molecule has 7 heteroatoms. The van der Waals surface area contributed by atoms with Crippen molar-refractivity contribution in [1.82, 2.24) is 4.98 Å². The van der Waals surface area contributed by atoms with Gasteiger partial charge in [0.25, 0.3) is 0 Å². The molecule has 0 radical (unpaired) electrons.